The highest BCUT2D eigenvalue weighted by Gasteiger charge is 2.37. The quantitative estimate of drug-likeness (QED) is 0.765. The van der Waals surface area contributed by atoms with Crippen molar-refractivity contribution in [2.75, 3.05) is 13.2 Å². The molecule has 2 rings (SSSR count). The van der Waals surface area contributed by atoms with Crippen LogP contribution in [0.3, 0.4) is 0 Å². The second-order valence-electron chi connectivity index (χ2n) is 4.16. The average molecular weight is 216 g/mol. The molecule has 1 aliphatic rings. The zero-order valence-corrected chi connectivity index (χ0v) is 9.23. The third-order valence-corrected chi connectivity index (χ3v) is 3.25. The minimum Gasteiger partial charge on any atom is -0.381 e. The van der Waals surface area contributed by atoms with E-state index in [1.54, 1.807) is 0 Å². The van der Waals surface area contributed by atoms with Crippen molar-refractivity contribution in [2.24, 2.45) is 5.92 Å². The van der Waals surface area contributed by atoms with Crippen LogP contribution in [0.4, 0.5) is 0 Å². The number of ether oxygens (including phenoxy) is 1. The van der Waals surface area contributed by atoms with Gasteiger partial charge in [0.05, 0.1) is 0 Å². The second kappa shape index (κ2) is 4.69. The van der Waals surface area contributed by atoms with Crippen LogP contribution >= 0.6 is 0 Å². The van der Waals surface area contributed by atoms with Gasteiger partial charge in [0.2, 0.25) is 0 Å². The Bertz CT molecular complexity index is 373. The number of hydrogen-bond acceptors (Lipinski definition) is 2. The molecule has 1 heterocycles. The number of benzene rings is 1. The van der Waals surface area contributed by atoms with E-state index in [1.165, 1.54) is 0 Å². The Morgan fingerprint density at radius 3 is 2.44 bits per heavy atom. The fourth-order valence-electron chi connectivity index (χ4n) is 2.24. The molecule has 1 aliphatic heterocycles. The van der Waals surface area contributed by atoms with Crippen LogP contribution in [0.1, 0.15) is 18.4 Å². The molecule has 0 bridgehead atoms. The fourth-order valence-corrected chi connectivity index (χ4v) is 2.24. The summed E-state index contributed by atoms with van der Waals surface area (Å²) in [6.45, 7) is 1.36. The Morgan fingerprint density at radius 1 is 1.25 bits per heavy atom. The van der Waals surface area contributed by atoms with Gasteiger partial charge in [-0.25, -0.2) is 0 Å². The summed E-state index contributed by atoms with van der Waals surface area (Å²) in [6, 6.07) is 9.49. The summed E-state index contributed by atoms with van der Waals surface area (Å²) in [6.07, 6.45) is 7.16. The monoisotopic (exact) mass is 216 g/mol. The highest BCUT2D eigenvalue weighted by Crippen LogP contribution is 2.35. The van der Waals surface area contributed by atoms with E-state index in [2.05, 4.69) is 5.92 Å². The molecule has 84 valence electrons. The van der Waals surface area contributed by atoms with E-state index in [1.807, 2.05) is 30.3 Å². The standard InChI is InChI=1S/C14H16O2/c1-2-14(15,12-6-4-3-5-7-12)13-8-10-16-11-9-13/h1,3-7,13,15H,8-11H2. The lowest BCUT2D eigenvalue weighted by molar-refractivity contribution is -0.0321. The van der Waals surface area contributed by atoms with Gasteiger partial charge < -0.3 is 9.84 Å². The zero-order valence-electron chi connectivity index (χ0n) is 9.23. The van der Waals surface area contributed by atoms with Gasteiger partial charge in [-0.3, -0.25) is 0 Å². The minimum absolute atomic E-state index is 0.0913. The van der Waals surface area contributed by atoms with Crippen molar-refractivity contribution < 1.29 is 9.84 Å². The molecule has 1 saturated heterocycles. The predicted octanol–water partition coefficient (Wildman–Crippen LogP) is 1.93. The summed E-state index contributed by atoms with van der Waals surface area (Å²) in [4.78, 5) is 0. The third kappa shape index (κ3) is 1.97. The van der Waals surface area contributed by atoms with Crippen LogP contribution in [0.25, 0.3) is 0 Å². The van der Waals surface area contributed by atoms with Crippen LogP contribution in [-0.2, 0) is 10.3 Å². The van der Waals surface area contributed by atoms with Crippen molar-refractivity contribution in [3.63, 3.8) is 0 Å². The van der Waals surface area contributed by atoms with Gasteiger partial charge in [0.1, 0.15) is 0 Å². The zero-order chi connectivity index (χ0) is 11.4. The van der Waals surface area contributed by atoms with Crippen molar-refractivity contribution in [1.82, 2.24) is 0 Å². The van der Waals surface area contributed by atoms with Crippen molar-refractivity contribution in [1.29, 1.82) is 0 Å². The van der Waals surface area contributed by atoms with Crippen molar-refractivity contribution >= 4 is 0 Å². The summed E-state index contributed by atoms with van der Waals surface area (Å²) >= 11 is 0. The van der Waals surface area contributed by atoms with Crippen LogP contribution in [0, 0.1) is 18.3 Å². The molecule has 0 aromatic heterocycles. The van der Waals surface area contributed by atoms with Crippen LogP contribution in [0.5, 0.6) is 0 Å². The first-order valence-electron chi connectivity index (χ1n) is 5.61. The molecule has 1 unspecified atom stereocenters. The summed E-state index contributed by atoms with van der Waals surface area (Å²) in [5.41, 5.74) is -0.338. The summed E-state index contributed by atoms with van der Waals surface area (Å²) in [7, 11) is 0. The lowest BCUT2D eigenvalue weighted by Gasteiger charge is -2.34. The molecule has 1 aromatic rings. The molecule has 0 saturated carbocycles. The third-order valence-electron chi connectivity index (χ3n) is 3.25. The molecule has 1 N–H and O–H groups in total. The molecule has 0 radical (unpaired) electrons. The maximum absolute atomic E-state index is 10.6. The number of rotatable bonds is 2. The van der Waals surface area contributed by atoms with E-state index in [-0.39, 0.29) is 5.92 Å². The first-order chi connectivity index (χ1) is 7.77. The lowest BCUT2D eigenvalue weighted by atomic mass is 9.78. The van der Waals surface area contributed by atoms with E-state index in [0.29, 0.717) is 13.2 Å². The smallest absolute Gasteiger partial charge is 0.153 e. The van der Waals surface area contributed by atoms with E-state index in [4.69, 9.17) is 11.2 Å². The number of aliphatic hydroxyl groups is 1. The van der Waals surface area contributed by atoms with Gasteiger partial charge in [0, 0.05) is 19.1 Å². The molecule has 1 fully saturated rings. The van der Waals surface area contributed by atoms with Gasteiger partial charge >= 0.3 is 0 Å². The van der Waals surface area contributed by atoms with Crippen molar-refractivity contribution in [3.8, 4) is 12.3 Å². The number of hydrogen-bond donors (Lipinski definition) is 1. The van der Waals surface area contributed by atoms with Gasteiger partial charge in [0.25, 0.3) is 0 Å². The Morgan fingerprint density at radius 2 is 1.88 bits per heavy atom. The van der Waals surface area contributed by atoms with Crippen molar-refractivity contribution in [2.45, 2.75) is 18.4 Å². The Hall–Kier alpha value is -1.30. The van der Waals surface area contributed by atoms with Gasteiger partial charge in [0.15, 0.2) is 5.60 Å². The fraction of sp³-hybridized carbons (Fsp3) is 0.429. The molecule has 1 aromatic carbocycles. The number of terminal acetylenes is 1. The minimum atomic E-state index is -1.15. The molecule has 2 nitrogen and oxygen atoms in total. The van der Waals surface area contributed by atoms with Crippen LogP contribution in [0.2, 0.25) is 0 Å². The Balaban J connectivity index is 2.29. The maximum atomic E-state index is 10.6. The molecule has 0 amide bonds. The van der Waals surface area contributed by atoms with Gasteiger partial charge in [-0.2, -0.15) is 0 Å². The summed E-state index contributed by atoms with van der Waals surface area (Å²) < 4.78 is 5.30. The highest BCUT2D eigenvalue weighted by molar-refractivity contribution is 5.31. The van der Waals surface area contributed by atoms with E-state index in [0.717, 1.165) is 18.4 Å². The first-order valence-corrected chi connectivity index (χ1v) is 5.61. The second-order valence-corrected chi connectivity index (χ2v) is 4.16. The summed E-state index contributed by atoms with van der Waals surface area (Å²) in [5, 5.41) is 10.6. The van der Waals surface area contributed by atoms with Gasteiger partial charge in [-0.1, -0.05) is 36.3 Å². The SMILES string of the molecule is C#CC(O)(c1ccccc1)C1CCOCC1. The average Bonchev–Trinajstić information content (AvgIpc) is 2.40. The molecule has 1 atom stereocenters. The van der Waals surface area contributed by atoms with Crippen LogP contribution < -0.4 is 0 Å². The molecule has 0 spiro atoms. The molecular formula is C14H16O2. The van der Waals surface area contributed by atoms with E-state index >= 15 is 0 Å². The normalized spacial score (nSPS) is 21.0. The van der Waals surface area contributed by atoms with E-state index in [9.17, 15) is 5.11 Å². The van der Waals surface area contributed by atoms with Gasteiger partial charge in [-0.05, 0) is 18.4 Å². The molecule has 0 aliphatic carbocycles. The largest absolute Gasteiger partial charge is 0.381 e. The van der Waals surface area contributed by atoms with Crippen LogP contribution in [0.15, 0.2) is 30.3 Å². The Labute approximate surface area is 96.3 Å². The highest BCUT2D eigenvalue weighted by atomic mass is 16.5. The maximum Gasteiger partial charge on any atom is 0.153 e. The Kier molecular flexibility index (Phi) is 3.28. The molecule has 16 heavy (non-hydrogen) atoms. The van der Waals surface area contributed by atoms with E-state index < -0.39 is 5.60 Å². The lowest BCUT2D eigenvalue weighted by Crippen LogP contribution is -2.37. The van der Waals surface area contributed by atoms with Gasteiger partial charge in [-0.15, -0.1) is 6.42 Å². The first kappa shape index (κ1) is 11.2. The predicted molar refractivity (Wildman–Crippen MR) is 62.7 cm³/mol. The van der Waals surface area contributed by atoms with Crippen LogP contribution in [-0.4, -0.2) is 18.3 Å². The molecular weight excluding hydrogens is 200 g/mol. The van der Waals surface area contributed by atoms with Crippen molar-refractivity contribution in [3.05, 3.63) is 35.9 Å². The summed E-state index contributed by atoms with van der Waals surface area (Å²) in [5.74, 6) is 2.66. The topological polar surface area (TPSA) is 29.5 Å². The molecule has 2 heteroatoms.